The molecule has 0 aliphatic carbocycles. The van der Waals surface area contributed by atoms with Gasteiger partial charge in [-0.2, -0.15) is 0 Å². The number of nitrogens with two attached hydrogens (primary N) is 1. The minimum absolute atomic E-state index is 0.179. The number of anilines is 1. The molecule has 3 heterocycles. The van der Waals surface area contributed by atoms with Crippen LogP contribution in [0.15, 0.2) is 41.3 Å². The van der Waals surface area contributed by atoms with E-state index in [4.69, 9.17) is 15.2 Å². The normalized spacial score (nSPS) is 15.2. The Morgan fingerprint density at radius 3 is 2.84 bits per heavy atom. The minimum atomic E-state index is -0.430. The van der Waals surface area contributed by atoms with Gasteiger partial charge in [-0.1, -0.05) is 12.1 Å². The minimum Gasteiger partial charge on any atom is -0.369 e. The van der Waals surface area contributed by atoms with Crippen molar-refractivity contribution >= 4 is 16.9 Å². The van der Waals surface area contributed by atoms with Crippen molar-refractivity contribution in [3.63, 3.8) is 0 Å². The first-order valence-electron chi connectivity index (χ1n) is 8.34. The molecule has 130 valence electrons. The maximum absolute atomic E-state index is 12.3. The highest BCUT2D eigenvalue weighted by molar-refractivity contribution is 5.79. The Kier molecular flexibility index (Phi) is 4.25. The van der Waals surface area contributed by atoms with E-state index in [0.29, 0.717) is 25.3 Å². The van der Waals surface area contributed by atoms with Crippen LogP contribution < -0.4 is 11.3 Å². The van der Waals surface area contributed by atoms with Crippen molar-refractivity contribution < 1.29 is 9.47 Å². The van der Waals surface area contributed by atoms with Gasteiger partial charge in [0.05, 0.1) is 25.5 Å². The van der Waals surface area contributed by atoms with Crippen LogP contribution in [0.2, 0.25) is 0 Å². The molecule has 2 aromatic heterocycles. The van der Waals surface area contributed by atoms with E-state index < -0.39 is 6.29 Å². The van der Waals surface area contributed by atoms with Crippen molar-refractivity contribution in [2.45, 2.75) is 25.7 Å². The summed E-state index contributed by atoms with van der Waals surface area (Å²) in [7, 11) is 0. The summed E-state index contributed by atoms with van der Waals surface area (Å²) in [5, 5.41) is 1.19. The molecule has 7 heteroatoms. The molecule has 1 aliphatic rings. The fraction of sp³-hybridized carbons (Fsp3) is 0.333. The van der Waals surface area contributed by atoms with Gasteiger partial charge in [-0.05, 0) is 35.9 Å². The van der Waals surface area contributed by atoms with Crippen LogP contribution in [0, 0.1) is 0 Å². The van der Waals surface area contributed by atoms with Gasteiger partial charge in [0.15, 0.2) is 6.29 Å². The van der Waals surface area contributed by atoms with E-state index in [1.54, 1.807) is 6.07 Å². The van der Waals surface area contributed by atoms with Crippen LogP contribution in [-0.2, 0) is 28.9 Å². The Hall–Kier alpha value is -2.64. The summed E-state index contributed by atoms with van der Waals surface area (Å²) >= 11 is 0. The number of fused-ring (bicyclic) bond motifs is 1. The lowest BCUT2D eigenvalue weighted by molar-refractivity contribution is -0.0528. The maximum Gasteiger partial charge on any atom is 0.255 e. The second kappa shape index (κ2) is 6.70. The molecule has 1 aromatic carbocycles. The molecule has 1 fully saturated rings. The molecule has 0 saturated carbocycles. The Labute approximate surface area is 144 Å². The number of rotatable bonds is 5. The van der Waals surface area contributed by atoms with Crippen molar-refractivity contribution in [2.75, 3.05) is 18.9 Å². The van der Waals surface area contributed by atoms with E-state index >= 15 is 0 Å². The average Bonchev–Trinajstić information content (AvgIpc) is 3.27. The first kappa shape index (κ1) is 15.9. The third-order valence-electron chi connectivity index (χ3n) is 4.40. The number of nitrogens with one attached hydrogen (secondary N) is 1. The van der Waals surface area contributed by atoms with E-state index in [1.165, 1.54) is 15.5 Å². The van der Waals surface area contributed by atoms with Gasteiger partial charge < -0.3 is 20.2 Å². The molecule has 1 saturated heterocycles. The van der Waals surface area contributed by atoms with Gasteiger partial charge in [0.25, 0.3) is 5.56 Å². The van der Waals surface area contributed by atoms with Gasteiger partial charge in [-0.3, -0.25) is 9.36 Å². The standard InChI is InChI=1S/C18H20N4O3/c19-18-21-14(10-16(23)22(18)11-17-24-7-8-25-17)4-2-12-1-3-13-5-6-20-15(13)9-12/h1,3,5-6,9-10,17,20H,2,4,7-8,11H2,(H2,19,21). The number of hydrogen-bond acceptors (Lipinski definition) is 5. The van der Waals surface area contributed by atoms with Crippen LogP contribution in [0.3, 0.4) is 0 Å². The van der Waals surface area contributed by atoms with Crippen molar-refractivity contribution in [3.8, 4) is 0 Å². The monoisotopic (exact) mass is 340 g/mol. The number of hydrogen-bond donors (Lipinski definition) is 2. The number of aromatic nitrogens is 3. The van der Waals surface area contributed by atoms with Crippen LogP contribution in [0.1, 0.15) is 11.3 Å². The van der Waals surface area contributed by atoms with Crippen LogP contribution in [0.25, 0.3) is 10.9 Å². The van der Waals surface area contributed by atoms with Crippen molar-refractivity contribution in [3.05, 3.63) is 58.1 Å². The predicted molar refractivity (Wildman–Crippen MR) is 94.3 cm³/mol. The highest BCUT2D eigenvalue weighted by Gasteiger charge is 2.18. The van der Waals surface area contributed by atoms with Crippen molar-refractivity contribution in [1.82, 2.24) is 14.5 Å². The lowest BCUT2D eigenvalue weighted by Crippen LogP contribution is -2.30. The number of H-pyrrole nitrogens is 1. The van der Waals surface area contributed by atoms with E-state index in [1.807, 2.05) is 12.3 Å². The van der Waals surface area contributed by atoms with Crippen molar-refractivity contribution in [2.24, 2.45) is 0 Å². The zero-order chi connectivity index (χ0) is 17.2. The lowest BCUT2D eigenvalue weighted by atomic mass is 10.1. The Morgan fingerprint density at radius 1 is 1.20 bits per heavy atom. The number of benzene rings is 1. The number of ether oxygens (including phenoxy) is 2. The molecular weight excluding hydrogens is 320 g/mol. The largest absolute Gasteiger partial charge is 0.369 e. The molecule has 3 N–H and O–H groups in total. The average molecular weight is 340 g/mol. The molecule has 7 nitrogen and oxygen atoms in total. The van der Waals surface area contributed by atoms with Crippen LogP contribution in [0.4, 0.5) is 5.95 Å². The predicted octanol–water partition coefficient (Wildman–Crippen LogP) is 1.46. The van der Waals surface area contributed by atoms with Gasteiger partial charge >= 0.3 is 0 Å². The molecule has 0 spiro atoms. The molecule has 25 heavy (non-hydrogen) atoms. The van der Waals surface area contributed by atoms with E-state index in [9.17, 15) is 4.79 Å². The van der Waals surface area contributed by atoms with Gasteiger partial charge in [0.2, 0.25) is 5.95 Å². The number of aryl methyl sites for hydroxylation is 2. The summed E-state index contributed by atoms with van der Waals surface area (Å²) < 4.78 is 12.1. The third kappa shape index (κ3) is 3.42. The summed E-state index contributed by atoms with van der Waals surface area (Å²) in [4.78, 5) is 19.9. The summed E-state index contributed by atoms with van der Waals surface area (Å²) in [6, 6.07) is 9.88. The number of nitrogen functional groups attached to an aromatic ring is 1. The van der Waals surface area contributed by atoms with Crippen LogP contribution >= 0.6 is 0 Å². The highest BCUT2D eigenvalue weighted by Crippen LogP contribution is 2.16. The first-order valence-corrected chi connectivity index (χ1v) is 8.34. The third-order valence-corrected chi connectivity index (χ3v) is 4.40. The maximum atomic E-state index is 12.3. The summed E-state index contributed by atoms with van der Waals surface area (Å²) in [6.45, 7) is 1.34. The van der Waals surface area contributed by atoms with Crippen molar-refractivity contribution in [1.29, 1.82) is 0 Å². The Balaban J connectivity index is 1.47. The SMILES string of the molecule is Nc1nc(CCc2ccc3cc[nH]c3c2)cc(=O)n1CC1OCCO1. The number of nitrogens with zero attached hydrogens (tertiary/aromatic N) is 2. The molecule has 0 radical (unpaired) electrons. The van der Waals surface area contributed by atoms with Crippen LogP contribution in [0.5, 0.6) is 0 Å². The highest BCUT2D eigenvalue weighted by atomic mass is 16.7. The summed E-state index contributed by atoms with van der Waals surface area (Å²) in [5.74, 6) is 0.196. The Bertz CT molecular complexity index is 941. The quantitative estimate of drug-likeness (QED) is 0.733. The number of aromatic amines is 1. The Morgan fingerprint density at radius 2 is 2.04 bits per heavy atom. The van der Waals surface area contributed by atoms with Gasteiger partial charge in [-0.25, -0.2) is 4.98 Å². The molecule has 4 rings (SSSR count). The lowest BCUT2D eigenvalue weighted by Gasteiger charge is -2.14. The first-order chi connectivity index (χ1) is 12.2. The molecule has 0 amide bonds. The molecular formula is C18H20N4O3. The zero-order valence-electron chi connectivity index (χ0n) is 13.8. The fourth-order valence-electron chi connectivity index (χ4n) is 3.07. The van der Waals surface area contributed by atoms with Gasteiger partial charge in [0.1, 0.15) is 0 Å². The van der Waals surface area contributed by atoms with Gasteiger partial charge in [0, 0.05) is 17.8 Å². The summed E-state index contributed by atoms with van der Waals surface area (Å²) in [6.07, 6.45) is 2.94. The zero-order valence-corrected chi connectivity index (χ0v) is 13.8. The van der Waals surface area contributed by atoms with Gasteiger partial charge in [-0.15, -0.1) is 0 Å². The van der Waals surface area contributed by atoms with E-state index in [2.05, 4.69) is 28.2 Å². The second-order valence-corrected chi connectivity index (χ2v) is 6.12. The topological polar surface area (TPSA) is 95.2 Å². The fourth-order valence-corrected chi connectivity index (χ4v) is 3.07. The van der Waals surface area contributed by atoms with E-state index in [0.717, 1.165) is 11.9 Å². The summed E-state index contributed by atoms with van der Waals surface area (Å²) in [5.41, 5.74) is 8.77. The molecule has 3 aromatic rings. The van der Waals surface area contributed by atoms with E-state index in [-0.39, 0.29) is 18.1 Å². The molecule has 0 atom stereocenters. The molecule has 1 aliphatic heterocycles. The molecule has 0 unspecified atom stereocenters. The smallest absolute Gasteiger partial charge is 0.255 e. The van der Waals surface area contributed by atoms with Crippen LogP contribution in [-0.4, -0.2) is 34.0 Å². The molecule has 0 bridgehead atoms. The second-order valence-electron chi connectivity index (χ2n) is 6.12.